The van der Waals surface area contributed by atoms with Crippen LogP contribution >= 0.6 is 0 Å². The summed E-state index contributed by atoms with van der Waals surface area (Å²) in [6, 6.07) is 35.0. The van der Waals surface area contributed by atoms with Gasteiger partial charge >= 0.3 is 0 Å². The molecule has 34 heavy (non-hydrogen) atoms. The monoisotopic (exact) mass is 434 g/mol. The number of fused-ring (bicyclic) bond motifs is 3. The Hall–Kier alpha value is -4.50. The van der Waals surface area contributed by atoms with Gasteiger partial charge in [0, 0.05) is 44.7 Å². The molecule has 158 valence electrons. The number of furan rings is 1. The van der Waals surface area contributed by atoms with E-state index >= 15 is 0 Å². The first-order valence-corrected chi connectivity index (χ1v) is 11.7. The van der Waals surface area contributed by atoms with Crippen LogP contribution in [0, 0.1) is 0 Å². The standard InChI is InChI=1S/C31H18N2O/c1-2-8-19(9-3-1)33-23-12-6-7-18-17-32-22-11-5-4-10-20(22)21-13-15-26-30(31(21)32)29-25(34-26)16-14-24(33)28(29)27(18)23/h1-16H,17H2. The number of rotatable bonds is 1. The second-order valence-electron chi connectivity index (χ2n) is 9.36. The summed E-state index contributed by atoms with van der Waals surface area (Å²) in [6.07, 6.45) is 0. The van der Waals surface area contributed by atoms with Crippen LogP contribution in [0.5, 0.6) is 0 Å². The molecule has 0 saturated heterocycles. The smallest absolute Gasteiger partial charge is 0.137 e. The Morgan fingerprint density at radius 1 is 0.529 bits per heavy atom. The molecule has 5 aromatic carbocycles. The van der Waals surface area contributed by atoms with Crippen molar-refractivity contribution >= 4 is 65.6 Å². The first-order valence-electron chi connectivity index (χ1n) is 11.7. The zero-order chi connectivity index (χ0) is 22.0. The maximum atomic E-state index is 6.48. The van der Waals surface area contributed by atoms with Gasteiger partial charge in [-0.3, -0.25) is 0 Å². The number of aromatic nitrogens is 2. The van der Waals surface area contributed by atoms with Crippen LogP contribution in [0.1, 0.15) is 5.56 Å². The van der Waals surface area contributed by atoms with Gasteiger partial charge in [0.1, 0.15) is 11.2 Å². The number of hydrogen-bond donors (Lipinski definition) is 0. The van der Waals surface area contributed by atoms with Crippen LogP contribution in [0.2, 0.25) is 0 Å². The molecule has 0 radical (unpaired) electrons. The van der Waals surface area contributed by atoms with E-state index in [1.807, 2.05) is 0 Å². The predicted octanol–water partition coefficient (Wildman–Crippen LogP) is 8.15. The molecule has 3 heteroatoms. The summed E-state index contributed by atoms with van der Waals surface area (Å²) in [6.45, 7) is 0.829. The molecule has 0 unspecified atom stereocenters. The lowest BCUT2D eigenvalue weighted by Gasteiger charge is -2.13. The van der Waals surface area contributed by atoms with Crippen LogP contribution in [0.4, 0.5) is 0 Å². The van der Waals surface area contributed by atoms with Crippen molar-refractivity contribution in [3.8, 4) is 5.69 Å². The lowest BCUT2D eigenvalue weighted by molar-refractivity contribution is 0.669. The van der Waals surface area contributed by atoms with Crippen LogP contribution in [0.15, 0.2) is 101 Å². The van der Waals surface area contributed by atoms with E-state index in [2.05, 4.69) is 106 Å². The van der Waals surface area contributed by atoms with E-state index in [0.29, 0.717) is 0 Å². The van der Waals surface area contributed by atoms with Gasteiger partial charge < -0.3 is 13.6 Å². The Labute approximate surface area is 194 Å². The van der Waals surface area contributed by atoms with E-state index in [9.17, 15) is 0 Å². The van der Waals surface area contributed by atoms with E-state index in [1.165, 1.54) is 65.6 Å². The van der Waals surface area contributed by atoms with Gasteiger partial charge in [0.2, 0.25) is 0 Å². The molecule has 0 N–H and O–H groups in total. The Morgan fingerprint density at radius 2 is 1.29 bits per heavy atom. The summed E-state index contributed by atoms with van der Waals surface area (Å²) >= 11 is 0. The van der Waals surface area contributed by atoms with Crippen molar-refractivity contribution in [1.82, 2.24) is 9.13 Å². The molecule has 0 fully saturated rings. The number of nitrogens with zero attached hydrogens (tertiary/aromatic N) is 2. The molecule has 0 spiro atoms. The second kappa shape index (κ2) is 5.70. The first-order chi connectivity index (χ1) is 16.9. The lowest BCUT2D eigenvalue weighted by Crippen LogP contribution is -2.01. The predicted molar refractivity (Wildman–Crippen MR) is 140 cm³/mol. The second-order valence-corrected chi connectivity index (χ2v) is 9.36. The highest BCUT2D eigenvalue weighted by atomic mass is 16.3. The molecule has 8 aromatic rings. The van der Waals surface area contributed by atoms with Crippen molar-refractivity contribution in [2.75, 3.05) is 0 Å². The minimum Gasteiger partial charge on any atom is -0.456 e. The molecule has 9 rings (SSSR count). The van der Waals surface area contributed by atoms with Crippen LogP contribution in [0.3, 0.4) is 0 Å². The topological polar surface area (TPSA) is 23.0 Å². The molecular formula is C31H18N2O. The van der Waals surface area contributed by atoms with E-state index < -0.39 is 0 Å². The van der Waals surface area contributed by atoms with Crippen molar-refractivity contribution in [3.05, 3.63) is 103 Å². The minimum atomic E-state index is 0.829. The highest BCUT2D eigenvalue weighted by molar-refractivity contribution is 6.34. The van der Waals surface area contributed by atoms with Crippen molar-refractivity contribution in [3.63, 3.8) is 0 Å². The average Bonchev–Trinajstić information content (AvgIpc) is 3.51. The average molecular weight is 434 g/mol. The van der Waals surface area contributed by atoms with Crippen molar-refractivity contribution in [2.24, 2.45) is 0 Å². The summed E-state index contributed by atoms with van der Waals surface area (Å²) in [4.78, 5) is 0. The van der Waals surface area contributed by atoms with Gasteiger partial charge in [-0.1, -0.05) is 48.5 Å². The Kier molecular flexibility index (Phi) is 2.86. The molecule has 0 amide bonds. The van der Waals surface area contributed by atoms with Gasteiger partial charge in [-0.05, 0) is 54.1 Å². The SMILES string of the molecule is c1ccc(-n2c3cccc4c3c3c5c(ccc32)oc2ccc3c6ccccc6n(c3c25)C4)cc1. The van der Waals surface area contributed by atoms with Gasteiger partial charge in [-0.2, -0.15) is 0 Å². The largest absolute Gasteiger partial charge is 0.456 e. The molecule has 0 atom stereocenters. The summed E-state index contributed by atoms with van der Waals surface area (Å²) in [5, 5.41) is 7.68. The fourth-order valence-corrected chi connectivity index (χ4v) is 6.43. The van der Waals surface area contributed by atoms with Crippen LogP contribution < -0.4 is 0 Å². The van der Waals surface area contributed by atoms with Crippen molar-refractivity contribution in [1.29, 1.82) is 0 Å². The normalized spacial score (nSPS) is 13.2. The van der Waals surface area contributed by atoms with E-state index in [0.717, 1.165) is 17.7 Å². The zero-order valence-corrected chi connectivity index (χ0v) is 18.2. The van der Waals surface area contributed by atoms with Gasteiger partial charge in [0.05, 0.1) is 21.9 Å². The molecule has 4 heterocycles. The van der Waals surface area contributed by atoms with Crippen molar-refractivity contribution in [2.45, 2.75) is 6.54 Å². The first kappa shape index (κ1) is 17.0. The fraction of sp³-hybridized carbons (Fsp3) is 0.0323. The lowest BCUT2D eigenvalue weighted by atomic mass is 9.99. The van der Waals surface area contributed by atoms with Gasteiger partial charge in [-0.25, -0.2) is 0 Å². The minimum absolute atomic E-state index is 0.829. The summed E-state index contributed by atoms with van der Waals surface area (Å²) in [7, 11) is 0. The highest BCUT2D eigenvalue weighted by Crippen LogP contribution is 2.47. The van der Waals surface area contributed by atoms with E-state index in [-0.39, 0.29) is 0 Å². The van der Waals surface area contributed by atoms with Crippen LogP contribution in [-0.4, -0.2) is 9.13 Å². The third-order valence-corrected chi connectivity index (χ3v) is 7.71. The zero-order valence-electron chi connectivity index (χ0n) is 18.2. The maximum Gasteiger partial charge on any atom is 0.137 e. The Bertz CT molecular complexity index is 2140. The molecule has 1 aliphatic heterocycles. The summed E-state index contributed by atoms with van der Waals surface area (Å²) in [5.74, 6) is 0. The molecule has 3 aromatic heterocycles. The fourth-order valence-electron chi connectivity index (χ4n) is 6.43. The molecule has 1 aliphatic rings. The summed E-state index contributed by atoms with van der Waals surface area (Å²) < 4.78 is 11.4. The molecule has 0 saturated carbocycles. The Balaban J connectivity index is 1.65. The van der Waals surface area contributed by atoms with Crippen LogP contribution in [-0.2, 0) is 6.54 Å². The molecule has 0 aliphatic carbocycles. The third kappa shape index (κ3) is 1.84. The quantitative estimate of drug-likeness (QED) is 0.256. The van der Waals surface area contributed by atoms with Crippen LogP contribution in [0.25, 0.3) is 71.2 Å². The van der Waals surface area contributed by atoms with Gasteiger partial charge in [-0.15, -0.1) is 0 Å². The number of benzene rings is 5. The molecule has 3 nitrogen and oxygen atoms in total. The summed E-state index contributed by atoms with van der Waals surface area (Å²) in [5.41, 5.74) is 9.46. The highest BCUT2D eigenvalue weighted by Gasteiger charge is 2.26. The number of para-hydroxylation sites is 2. The molecular weight excluding hydrogens is 416 g/mol. The van der Waals surface area contributed by atoms with Crippen molar-refractivity contribution < 1.29 is 4.42 Å². The van der Waals surface area contributed by atoms with E-state index in [1.54, 1.807) is 0 Å². The van der Waals surface area contributed by atoms with Gasteiger partial charge in [0.25, 0.3) is 0 Å². The van der Waals surface area contributed by atoms with E-state index in [4.69, 9.17) is 4.42 Å². The van der Waals surface area contributed by atoms with Gasteiger partial charge in [0.15, 0.2) is 0 Å². The Morgan fingerprint density at radius 3 is 2.24 bits per heavy atom. The number of hydrogen-bond acceptors (Lipinski definition) is 1. The third-order valence-electron chi connectivity index (χ3n) is 7.71. The maximum absolute atomic E-state index is 6.48. The molecule has 0 bridgehead atoms.